The standard InChI is InChI=1S/C18H23ClF2N2S/c1-17(2,3)16-22-14-10-13(24-19)4-5-15(14)23(16)11-12-6-8-18(20,21)9-7-12/h4-5,10,12H,6-9,11H2,1-3H3. The van der Waals surface area contributed by atoms with E-state index in [1.54, 1.807) is 0 Å². The maximum Gasteiger partial charge on any atom is 0.248 e. The topological polar surface area (TPSA) is 17.8 Å². The molecule has 1 heterocycles. The third kappa shape index (κ3) is 3.72. The van der Waals surface area contributed by atoms with Crippen LogP contribution in [0.4, 0.5) is 8.78 Å². The van der Waals surface area contributed by atoms with E-state index in [2.05, 4.69) is 25.3 Å². The van der Waals surface area contributed by atoms with Crippen molar-refractivity contribution < 1.29 is 8.78 Å². The van der Waals surface area contributed by atoms with Crippen molar-refractivity contribution >= 4 is 32.7 Å². The predicted octanol–water partition coefficient (Wildman–Crippen LogP) is 6.41. The molecule has 2 nitrogen and oxygen atoms in total. The Labute approximate surface area is 150 Å². The lowest BCUT2D eigenvalue weighted by molar-refractivity contribution is -0.0473. The average molecular weight is 373 g/mol. The predicted molar refractivity (Wildman–Crippen MR) is 97.0 cm³/mol. The summed E-state index contributed by atoms with van der Waals surface area (Å²) in [5.41, 5.74) is 1.88. The minimum Gasteiger partial charge on any atom is -0.327 e. The van der Waals surface area contributed by atoms with Crippen LogP contribution in [0.25, 0.3) is 11.0 Å². The summed E-state index contributed by atoms with van der Waals surface area (Å²) in [5, 5.41) is 0. The van der Waals surface area contributed by atoms with Crippen LogP contribution in [0.15, 0.2) is 23.1 Å². The van der Waals surface area contributed by atoms with Gasteiger partial charge in [-0.3, -0.25) is 0 Å². The van der Waals surface area contributed by atoms with Gasteiger partial charge >= 0.3 is 0 Å². The normalized spacial score (nSPS) is 19.1. The number of rotatable bonds is 3. The van der Waals surface area contributed by atoms with Gasteiger partial charge in [-0.05, 0) is 58.6 Å². The Kier molecular flexibility index (Phi) is 4.86. The molecule has 0 bridgehead atoms. The SMILES string of the molecule is CC(C)(C)c1nc2cc(SCl)ccc2n1CC1CCC(F)(F)CC1. The molecule has 0 unspecified atom stereocenters. The van der Waals surface area contributed by atoms with E-state index in [0.717, 1.165) is 28.3 Å². The number of hydrogen-bond donors (Lipinski definition) is 0. The summed E-state index contributed by atoms with van der Waals surface area (Å²) in [6.45, 7) is 7.16. The van der Waals surface area contributed by atoms with Crippen LogP contribution in [0.5, 0.6) is 0 Å². The number of hydrogen-bond acceptors (Lipinski definition) is 2. The second-order valence-electron chi connectivity index (χ2n) is 7.82. The number of alkyl halides is 2. The molecule has 6 heteroatoms. The van der Waals surface area contributed by atoms with E-state index in [9.17, 15) is 8.78 Å². The Morgan fingerprint density at radius 3 is 2.54 bits per heavy atom. The number of benzene rings is 1. The first kappa shape index (κ1) is 18.0. The van der Waals surface area contributed by atoms with Crippen LogP contribution in [0, 0.1) is 5.92 Å². The molecule has 0 N–H and O–H groups in total. The summed E-state index contributed by atoms with van der Waals surface area (Å²) in [6, 6.07) is 6.02. The first-order valence-corrected chi connectivity index (χ1v) is 10.0. The summed E-state index contributed by atoms with van der Waals surface area (Å²) >= 11 is 0. The first-order chi connectivity index (χ1) is 11.2. The van der Waals surface area contributed by atoms with Gasteiger partial charge in [-0.1, -0.05) is 20.8 Å². The first-order valence-electron chi connectivity index (χ1n) is 8.37. The fourth-order valence-electron chi connectivity index (χ4n) is 3.46. The van der Waals surface area contributed by atoms with Crippen LogP contribution in [-0.2, 0) is 12.0 Å². The molecule has 132 valence electrons. The van der Waals surface area contributed by atoms with Gasteiger partial charge < -0.3 is 4.57 Å². The van der Waals surface area contributed by atoms with E-state index in [1.807, 2.05) is 18.2 Å². The molecule has 0 spiro atoms. The van der Waals surface area contributed by atoms with Gasteiger partial charge in [0.15, 0.2) is 0 Å². The van der Waals surface area contributed by atoms with Gasteiger partial charge in [0.05, 0.1) is 11.0 Å². The largest absolute Gasteiger partial charge is 0.327 e. The maximum absolute atomic E-state index is 13.4. The van der Waals surface area contributed by atoms with Gasteiger partial charge in [0.2, 0.25) is 5.92 Å². The lowest BCUT2D eigenvalue weighted by Gasteiger charge is -2.30. The second kappa shape index (κ2) is 6.49. The van der Waals surface area contributed by atoms with E-state index in [-0.39, 0.29) is 24.2 Å². The molecule has 0 radical (unpaired) electrons. The summed E-state index contributed by atoms with van der Waals surface area (Å²) < 4.78 is 29.1. The molecular weight excluding hydrogens is 350 g/mol. The van der Waals surface area contributed by atoms with Gasteiger partial charge in [0, 0.05) is 29.7 Å². The Morgan fingerprint density at radius 1 is 1.29 bits per heavy atom. The molecule has 2 aromatic rings. The number of nitrogens with zero attached hydrogens (tertiary/aromatic N) is 2. The van der Waals surface area contributed by atoms with Crippen LogP contribution in [-0.4, -0.2) is 15.5 Å². The Hall–Kier alpha value is -0.810. The Morgan fingerprint density at radius 2 is 1.96 bits per heavy atom. The minimum atomic E-state index is -2.48. The van der Waals surface area contributed by atoms with Crippen molar-refractivity contribution in [3.05, 3.63) is 24.0 Å². The average Bonchev–Trinajstić information content (AvgIpc) is 2.87. The van der Waals surface area contributed by atoms with Crippen molar-refractivity contribution in [3.63, 3.8) is 0 Å². The monoisotopic (exact) mass is 372 g/mol. The van der Waals surface area contributed by atoms with Gasteiger partial charge in [-0.2, -0.15) is 0 Å². The molecule has 3 rings (SSSR count). The molecule has 1 saturated carbocycles. The van der Waals surface area contributed by atoms with Crippen LogP contribution in [0.1, 0.15) is 52.3 Å². The summed E-state index contributed by atoms with van der Waals surface area (Å²) in [7, 11) is 7.04. The number of halogens is 3. The van der Waals surface area contributed by atoms with Crippen LogP contribution < -0.4 is 0 Å². The van der Waals surface area contributed by atoms with Gasteiger partial charge in [0.1, 0.15) is 5.82 Å². The number of aromatic nitrogens is 2. The molecule has 1 aromatic heterocycles. The Balaban J connectivity index is 1.96. The van der Waals surface area contributed by atoms with Gasteiger partial charge in [0.25, 0.3) is 0 Å². The molecule has 1 aliphatic rings. The van der Waals surface area contributed by atoms with E-state index in [0.29, 0.717) is 12.8 Å². The van der Waals surface area contributed by atoms with E-state index in [4.69, 9.17) is 15.7 Å². The smallest absolute Gasteiger partial charge is 0.248 e. The minimum absolute atomic E-state index is 0.00217. The zero-order valence-corrected chi connectivity index (χ0v) is 15.9. The summed E-state index contributed by atoms with van der Waals surface area (Å²) in [6.07, 6.45) is 1.15. The second-order valence-corrected chi connectivity index (χ2v) is 8.91. The quantitative estimate of drug-likeness (QED) is 0.619. The number of imidazole rings is 1. The fraction of sp³-hybridized carbons (Fsp3) is 0.611. The van der Waals surface area contributed by atoms with E-state index < -0.39 is 5.92 Å². The maximum atomic E-state index is 13.4. The zero-order valence-electron chi connectivity index (χ0n) is 14.3. The van der Waals surface area contributed by atoms with Crippen LogP contribution >= 0.6 is 21.7 Å². The molecule has 1 aromatic carbocycles. The fourth-order valence-corrected chi connectivity index (χ4v) is 4.02. The lowest BCUT2D eigenvalue weighted by atomic mass is 9.86. The van der Waals surface area contributed by atoms with Gasteiger partial charge in [-0.15, -0.1) is 0 Å². The third-order valence-corrected chi connectivity index (χ3v) is 5.72. The number of fused-ring (bicyclic) bond motifs is 1. The summed E-state index contributed by atoms with van der Waals surface area (Å²) in [4.78, 5) is 5.79. The highest BCUT2D eigenvalue weighted by Crippen LogP contribution is 2.38. The molecular formula is C18H23ClF2N2S. The molecule has 1 fully saturated rings. The van der Waals surface area contributed by atoms with Crippen molar-refractivity contribution in [2.45, 2.75) is 69.2 Å². The van der Waals surface area contributed by atoms with E-state index in [1.165, 1.54) is 11.0 Å². The third-order valence-electron chi connectivity index (χ3n) is 4.76. The van der Waals surface area contributed by atoms with Crippen molar-refractivity contribution in [3.8, 4) is 0 Å². The highest BCUT2D eigenvalue weighted by atomic mass is 35.7. The lowest BCUT2D eigenvalue weighted by Crippen LogP contribution is -2.28. The van der Waals surface area contributed by atoms with Gasteiger partial charge in [-0.25, -0.2) is 13.8 Å². The summed E-state index contributed by atoms with van der Waals surface area (Å²) in [5.74, 6) is -1.19. The molecule has 1 aliphatic carbocycles. The van der Waals surface area contributed by atoms with Crippen LogP contribution in [0.3, 0.4) is 0 Å². The molecule has 0 amide bonds. The van der Waals surface area contributed by atoms with Crippen LogP contribution in [0.2, 0.25) is 0 Å². The molecule has 0 aliphatic heterocycles. The van der Waals surface area contributed by atoms with Crippen molar-refractivity contribution in [1.82, 2.24) is 9.55 Å². The zero-order chi connectivity index (χ0) is 17.5. The molecule has 0 saturated heterocycles. The van der Waals surface area contributed by atoms with Crippen molar-refractivity contribution in [2.24, 2.45) is 5.92 Å². The Bertz CT molecular complexity index is 726. The highest BCUT2D eigenvalue weighted by molar-refractivity contribution is 8.21. The van der Waals surface area contributed by atoms with Crippen molar-refractivity contribution in [2.75, 3.05) is 0 Å². The molecule has 24 heavy (non-hydrogen) atoms. The molecule has 0 atom stereocenters. The highest BCUT2D eigenvalue weighted by Gasteiger charge is 2.35. The van der Waals surface area contributed by atoms with Crippen molar-refractivity contribution in [1.29, 1.82) is 0 Å². The van der Waals surface area contributed by atoms with E-state index >= 15 is 0 Å².